The van der Waals surface area contributed by atoms with E-state index >= 15 is 0 Å². The second-order valence-electron chi connectivity index (χ2n) is 1.50. The van der Waals surface area contributed by atoms with E-state index in [0.29, 0.717) is 0 Å². The van der Waals surface area contributed by atoms with Crippen molar-refractivity contribution >= 4 is 44.2 Å². The molecule has 0 aliphatic heterocycles. The van der Waals surface area contributed by atoms with E-state index in [1.807, 2.05) is 0 Å². The predicted octanol–water partition coefficient (Wildman–Crippen LogP) is 2.03. The summed E-state index contributed by atoms with van der Waals surface area (Å²) in [5.74, 6) is 0. The Morgan fingerprint density at radius 1 is 1.67 bits per heavy atom. The van der Waals surface area contributed by atoms with Gasteiger partial charge in [0.05, 0.1) is 10.2 Å². The average molecular weight is 299 g/mol. The fourth-order valence-electron chi connectivity index (χ4n) is 0.432. The molecule has 0 radical (unpaired) electrons. The maximum absolute atomic E-state index is 5.53. The quantitative estimate of drug-likeness (QED) is 0.588. The molecule has 2 N–H and O–H groups in total. The lowest BCUT2D eigenvalue weighted by Gasteiger charge is -1.96. The van der Waals surface area contributed by atoms with Crippen molar-refractivity contribution in [1.82, 2.24) is 4.98 Å². The number of hydrogen-bond donors (Lipinski definition) is 1. The number of rotatable bonds is 0. The Bertz CT molecular complexity index is 206. The summed E-state index contributed by atoms with van der Waals surface area (Å²) in [4.78, 5) is 4.00. The fraction of sp³-hybridized carbons (Fsp3) is 0. The molecule has 48 valence electrons. The van der Waals surface area contributed by atoms with Crippen molar-refractivity contribution in [3.63, 3.8) is 0 Å². The number of pyridine rings is 1. The lowest BCUT2D eigenvalue weighted by atomic mass is 10.4. The molecule has 4 heteroatoms. The molecule has 2 nitrogen and oxygen atoms in total. The summed E-state index contributed by atoms with van der Waals surface area (Å²) in [5, 5.41) is 0. The van der Waals surface area contributed by atoms with Crippen LogP contribution in [0.25, 0.3) is 0 Å². The van der Waals surface area contributed by atoms with Crippen LogP contribution in [0.1, 0.15) is 0 Å². The molecule has 1 rings (SSSR count). The number of hydrogen-bond acceptors (Lipinski definition) is 2. The van der Waals surface area contributed by atoms with Crippen molar-refractivity contribution in [2.45, 2.75) is 0 Å². The van der Waals surface area contributed by atoms with Gasteiger partial charge in [-0.15, -0.1) is 0 Å². The van der Waals surface area contributed by atoms with Crippen molar-refractivity contribution in [3.05, 3.63) is 20.4 Å². The number of aromatic nitrogens is 1. The zero-order valence-corrected chi connectivity index (χ0v) is 8.18. The van der Waals surface area contributed by atoms with Gasteiger partial charge in [0.25, 0.3) is 0 Å². The van der Waals surface area contributed by atoms with Gasteiger partial charge in [0.2, 0.25) is 0 Å². The Balaban J connectivity index is 3.25. The third-order valence-corrected chi connectivity index (χ3v) is 3.27. The van der Waals surface area contributed by atoms with E-state index in [9.17, 15) is 0 Å². The summed E-state index contributed by atoms with van der Waals surface area (Å²) in [7, 11) is 0. The van der Waals surface area contributed by atoms with Crippen LogP contribution in [0.4, 0.5) is 5.69 Å². The Hall–Kier alpha value is 0.160. The Kier molecular flexibility index (Phi) is 2.29. The fourth-order valence-corrected chi connectivity index (χ4v) is 1.14. The van der Waals surface area contributed by atoms with Crippen LogP contribution in [0.5, 0.6) is 0 Å². The summed E-state index contributed by atoms with van der Waals surface area (Å²) in [6, 6.07) is 1.76. The minimum atomic E-state index is 0.731. The molecule has 1 heterocycles. The van der Waals surface area contributed by atoms with E-state index in [-0.39, 0.29) is 0 Å². The smallest absolute Gasteiger partial charge is 0.117 e. The molecule has 0 atom stereocenters. The van der Waals surface area contributed by atoms with E-state index in [1.54, 1.807) is 12.3 Å². The van der Waals surface area contributed by atoms with Crippen LogP contribution in [-0.2, 0) is 0 Å². The molecule has 0 aromatic carbocycles. The van der Waals surface area contributed by atoms with Crippen molar-refractivity contribution in [3.8, 4) is 0 Å². The maximum atomic E-state index is 5.53. The number of nitrogens with zero attached hydrogens (tertiary/aromatic N) is 1. The molecule has 0 saturated heterocycles. The molecule has 0 spiro atoms. The van der Waals surface area contributed by atoms with Gasteiger partial charge in [0.15, 0.2) is 0 Å². The molecule has 0 saturated carbocycles. The zero-order chi connectivity index (χ0) is 6.85. The lowest BCUT2D eigenvalue weighted by molar-refractivity contribution is 1.25. The predicted molar refractivity (Wildman–Crippen MR) is 49.1 cm³/mol. The number of nitrogen functional groups attached to an aromatic ring is 1. The molecule has 9 heavy (non-hydrogen) atoms. The Morgan fingerprint density at radius 2 is 2.33 bits per heavy atom. The SMILES string of the molecule is Nc1ccnc(I)c1Br. The van der Waals surface area contributed by atoms with Crippen LogP contribution in [-0.4, -0.2) is 4.98 Å². The normalized spacial score (nSPS) is 9.56. The average Bonchev–Trinajstić information content (AvgIpc) is 1.83. The van der Waals surface area contributed by atoms with E-state index in [0.717, 1.165) is 13.9 Å². The van der Waals surface area contributed by atoms with E-state index < -0.39 is 0 Å². The summed E-state index contributed by atoms with van der Waals surface area (Å²) in [6.45, 7) is 0. The monoisotopic (exact) mass is 298 g/mol. The molecule has 1 aromatic heterocycles. The molecule has 0 fully saturated rings. The minimum absolute atomic E-state index is 0.731. The third-order valence-electron chi connectivity index (χ3n) is 0.877. The highest BCUT2D eigenvalue weighted by Gasteiger charge is 1.98. The van der Waals surface area contributed by atoms with Crippen molar-refractivity contribution in [2.75, 3.05) is 5.73 Å². The largest absolute Gasteiger partial charge is 0.398 e. The van der Waals surface area contributed by atoms with Crippen molar-refractivity contribution in [2.24, 2.45) is 0 Å². The number of halogens is 2. The first-order valence-electron chi connectivity index (χ1n) is 2.27. The standard InChI is InChI=1S/C5H4BrIN2/c6-4-3(8)1-2-9-5(4)7/h1-2H,(H2,8,9). The first kappa shape index (κ1) is 7.27. The minimum Gasteiger partial charge on any atom is -0.398 e. The van der Waals surface area contributed by atoms with Gasteiger partial charge in [0.1, 0.15) is 3.70 Å². The van der Waals surface area contributed by atoms with E-state index in [4.69, 9.17) is 5.73 Å². The van der Waals surface area contributed by atoms with Crippen LogP contribution < -0.4 is 5.73 Å². The third kappa shape index (κ3) is 1.54. The van der Waals surface area contributed by atoms with Gasteiger partial charge >= 0.3 is 0 Å². The molecule has 0 unspecified atom stereocenters. The maximum Gasteiger partial charge on any atom is 0.117 e. The van der Waals surface area contributed by atoms with Crippen LogP contribution in [0, 0.1) is 3.70 Å². The molecule has 0 amide bonds. The summed E-state index contributed by atoms with van der Waals surface area (Å²) < 4.78 is 1.78. The highest BCUT2D eigenvalue weighted by molar-refractivity contribution is 14.1. The van der Waals surface area contributed by atoms with Crippen LogP contribution in [0.3, 0.4) is 0 Å². The van der Waals surface area contributed by atoms with Gasteiger partial charge < -0.3 is 5.73 Å². The van der Waals surface area contributed by atoms with Crippen molar-refractivity contribution < 1.29 is 0 Å². The summed E-state index contributed by atoms with van der Waals surface area (Å²) in [6.07, 6.45) is 1.68. The highest BCUT2D eigenvalue weighted by atomic mass is 127. The van der Waals surface area contributed by atoms with Gasteiger partial charge in [-0.2, -0.15) is 0 Å². The van der Waals surface area contributed by atoms with Gasteiger partial charge in [0, 0.05) is 6.20 Å². The topological polar surface area (TPSA) is 38.9 Å². The van der Waals surface area contributed by atoms with Crippen LogP contribution in [0.2, 0.25) is 0 Å². The first-order chi connectivity index (χ1) is 4.22. The highest BCUT2D eigenvalue weighted by Crippen LogP contribution is 2.22. The van der Waals surface area contributed by atoms with E-state index in [2.05, 4.69) is 43.5 Å². The van der Waals surface area contributed by atoms with Gasteiger partial charge in [-0.1, -0.05) is 0 Å². The molecule has 0 bridgehead atoms. The zero-order valence-electron chi connectivity index (χ0n) is 4.44. The molecular formula is C5H4BrIN2. The van der Waals surface area contributed by atoms with Gasteiger partial charge in [-0.05, 0) is 44.6 Å². The second-order valence-corrected chi connectivity index (χ2v) is 3.32. The molecule has 0 aliphatic rings. The van der Waals surface area contributed by atoms with E-state index in [1.165, 1.54) is 0 Å². The van der Waals surface area contributed by atoms with Gasteiger partial charge in [-0.3, -0.25) is 0 Å². The van der Waals surface area contributed by atoms with Gasteiger partial charge in [-0.25, -0.2) is 4.98 Å². The number of nitrogens with two attached hydrogens (primary N) is 1. The molecule has 0 aliphatic carbocycles. The van der Waals surface area contributed by atoms with Crippen LogP contribution >= 0.6 is 38.5 Å². The molecule has 1 aromatic rings. The molecular weight excluding hydrogens is 295 g/mol. The first-order valence-corrected chi connectivity index (χ1v) is 4.14. The lowest BCUT2D eigenvalue weighted by Crippen LogP contribution is -1.89. The number of anilines is 1. The van der Waals surface area contributed by atoms with Crippen LogP contribution in [0.15, 0.2) is 16.7 Å². The van der Waals surface area contributed by atoms with Crippen molar-refractivity contribution in [1.29, 1.82) is 0 Å². The summed E-state index contributed by atoms with van der Waals surface area (Å²) >= 11 is 5.40. The Morgan fingerprint density at radius 3 is 2.78 bits per heavy atom. The second kappa shape index (κ2) is 2.83. The Labute approximate surface area is 75.1 Å². The summed E-state index contributed by atoms with van der Waals surface area (Å²) in [5.41, 5.74) is 6.26.